The van der Waals surface area contributed by atoms with Crippen molar-refractivity contribution in [3.8, 4) is 22.5 Å². The van der Waals surface area contributed by atoms with Crippen molar-refractivity contribution in [2.24, 2.45) is 0 Å². The number of hydrogen-bond donors (Lipinski definition) is 0. The molecular formula is C22H16N2Pt. The van der Waals surface area contributed by atoms with E-state index in [2.05, 4.69) is 22.1 Å². The van der Waals surface area contributed by atoms with E-state index in [4.69, 9.17) is 0 Å². The zero-order valence-corrected chi connectivity index (χ0v) is 15.7. The number of aromatic nitrogens is 2. The van der Waals surface area contributed by atoms with Gasteiger partial charge in [-0.15, -0.1) is 71.8 Å². The van der Waals surface area contributed by atoms with Gasteiger partial charge in [0, 0.05) is 12.4 Å². The van der Waals surface area contributed by atoms with Gasteiger partial charge >= 0.3 is 21.1 Å². The van der Waals surface area contributed by atoms with Crippen LogP contribution in [-0.4, -0.2) is 9.97 Å². The number of benzene rings is 2. The van der Waals surface area contributed by atoms with Crippen LogP contribution in [0.25, 0.3) is 22.5 Å². The van der Waals surface area contributed by atoms with Gasteiger partial charge in [0.2, 0.25) is 0 Å². The van der Waals surface area contributed by atoms with E-state index in [1.807, 2.05) is 84.9 Å². The minimum absolute atomic E-state index is 0. The van der Waals surface area contributed by atoms with Gasteiger partial charge in [-0.05, 0) is 23.5 Å². The minimum atomic E-state index is 0. The summed E-state index contributed by atoms with van der Waals surface area (Å²) in [4.78, 5) is 8.44. The second-order valence-electron chi connectivity index (χ2n) is 4.98. The van der Waals surface area contributed by atoms with Gasteiger partial charge in [0.25, 0.3) is 0 Å². The molecule has 124 valence electrons. The molecule has 25 heavy (non-hydrogen) atoms. The molecule has 0 radical (unpaired) electrons. The summed E-state index contributed by atoms with van der Waals surface area (Å²) in [6.07, 6.45) is 3.58. The summed E-state index contributed by atoms with van der Waals surface area (Å²) < 4.78 is 0. The van der Waals surface area contributed by atoms with E-state index in [0.717, 1.165) is 22.5 Å². The SMILES string of the molecule is [Pt+2].[c-]1ccccc1-c1ccccn1.[c-]1ccccc1-c1ccccn1. The van der Waals surface area contributed by atoms with Crippen LogP contribution in [-0.2, 0) is 21.1 Å². The largest absolute Gasteiger partial charge is 2.00 e. The number of hydrogen-bond acceptors (Lipinski definition) is 2. The minimum Gasteiger partial charge on any atom is -0.305 e. The van der Waals surface area contributed by atoms with Crippen LogP contribution in [0.1, 0.15) is 0 Å². The molecule has 4 rings (SSSR count). The van der Waals surface area contributed by atoms with Crippen molar-refractivity contribution in [3.63, 3.8) is 0 Å². The summed E-state index contributed by atoms with van der Waals surface area (Å²) in [7, 11) is 0. The van der Waals surface area contributed by atoms with Crippen molar-refractivity contribution < 1.29 is 21.1 Å². The van der Waals surface area contributed by atoms with Crippen LogP contribution in [0.5, 0.6) is 0 Å². The van der Waals surface area contributed by atoms with Crippen molar-refractivity contribution in [2.45, 2.75) is 0 Å². The molecule has 2 nitrogen and oxygen atoms in total. The quantitative estimate of drug-likeness (QED) is 0.356. The van der Waals surface area contributed by atoms with E-state index in [9.17, 15) is 0 Å². The standard InChI is InChI=1S/2C11H8N.Pt/c2*1-2-6-10(7-3-1)11-8-4-5-9-12-11;/h2*1-6,8-9H;/q2*-1;+2. The zero-order chi connectivity index (χ0) is 16.5. The fourth-order valence-corrected chi connectivity index (χ4v) is 2.15. The molecule has 0 spiro atoms. The van der Waals surface area contributed by atoms with Gasteiger partial charge in [-0.25, -0.2) is 0 Å². The van der Waals surface area contributed by atoms with E-state index < -0.39 is 0 Å². The summed E-state index contributed by atoms with van der Waals surface area (Å²) in [6, 6.07) is 33.6. The van der Waals surface area contributed by atoms with Gasteiger partial charge in [-0.1, -0.05) is 24.3 Å². The molecule has 4 aromatic rings. The Morgan fingerprint density at radius 3 is 1.28 bits per heavy atom. The van der Waals surface area contributed by atoms with Crippen LogP contribution in [0.15, 0.2) is 97.3 Å². The van der Waals surface area contributed by atoms with Crippen LogP contribution in [0.3, 0.4) is 0 Å². The first-order valence-electron chi connectivity index (χ1n) is 7.70. The average Bonchev–Trinajstić information content (AvgIpc) is 2.71. The number of nitrogens with zero attached hydrogens (tertiary/aromatic N) is 2. The summed E-state index contributed by atoms with van der Waals surface area (Å²) in [5, 5.41) is 0. The van der Waals surface area contributed by atoms with Crippen molar-refractivity contribution in [1.29, 1.82) is 0 Å². The molecule has 0 amide bonds. The van der Waals surface area contributed by atoms with Crippen molar-refractivity contribution in [2.75, 3.05) is 0 Å². The van der Waals surface area contributed by atoms with E-state index in [1.165, 1.54) is 0 Å². The monoisotopic (exact) mass is 503 g/mol. The van der Waals surface area contributed by atoms with Gasteiger partial charge in [-0.3, -0.25) is 0 Å². The Hall–Kier alpha value is -2.57. The Kier molecular flexibility index (Phi) is 7.75. The van der Waals surface area contributed by atoms with Gasteiger partial charge in [0.05, 0.1) is 0 Å². The maximum Gasteiger partial charge on any atom is 2.00 e. The van der Waals surface area contributed by atoms with E-state index >= 15 is 0 Å². The molecule has 0 N–H and O–H groups in total. The first-order chi connectivity index (χ1) is 11.9. The zero-order valence-electron chi connectivity index (χ0n) is 13.4. The van der Waals surface area contributed by atoms with Gasteiger partial charge < -0.3 is 9.97 Å². The molecule has 0 bridgehead atoms. The van der Waals surface area contributed by atoms with Crippen LogP contribution in [0, 0.1) is 12.1 Å². The first-order valence-corrected chi connectivity index (χ1v) is 7.70. The molecule has 2 aromatic heterocycles. The fourth-order valence-electron chi connectivity index (χ4n) is 2.15. The molecule has 0 unspecified atom stereocenters. The molecule has 0 aliphatic carbocycles. The number of rotatable bonds is 2. The third-order valence-electron chi connectivity index (χ3n) is 3.30. The Morgan fingerprint density at radius 1 is 0.520 bits per heavy atom. The van der Waals surface area contributed by atoms with Gasteiger partial charge in [-0.2, -0.15) is 0 Å². The molecule has 2 heterocycles. The smallest absolute Gasteiger partial charge is 0.305 e. The van der Waals surface area contributed by atoms with Gasteiger partial charge in [0.1, 0.15) is 0 Å². The van der Waals surface area contributed by atoms with Crippen LogP contribution in [0.4, 0.5) is 0 Å². The Bertz CT molecular complexity index is 686. The summed E-state index contributed by atoms with van der Waals surface area (Å²) in [5.74, 6) is 0. The molecule has 0 saturated heterocycles. The molecule has 0 saturated carbocycles. The maximum atomic E-state index is 4.22. The number of pyridine rings is 2. The predicted molar refractivity (Wildman–Crippen MR) is 97.0 cm³/mol. The molecule has 0 atom stereocenters. The van der Waals surface area contributed by atoms with E-state index in [1.54, 1.807) is 12.4 Å². The Balaban J connectivity index is 0.000000173. The molecule has 2 aromatic carbocycles. The summed E-state index contributed by atoms with van der Waals surface area (Å²) in [5.41, 5.74) is 4.02. The normalized spacial score (nSPS) is 9.28. The van der Waals surface area contributed by atoms with Crippen LogP contribution < -0.4 is 0 Å². The van der Waals surface area contributed by atoms with E-state index in [0.29, 0.717) is 0 Å². The Labute approximate surface area is 162 Å². The van der Waals surface area contributed by atoms with E-state index in [-0.39, 0.29) is 21.1 Å². The summed E-state index contributed by atoms with van der Waals surface area (Å²) in [6.45, 7) is 0. The van der Waals surface area contributed by atoms with Gasteiger partial charge in [0.15, 0.2) is 0 Å². The Morgan fingerprint density at radius 2 is 0.960 bits per heavy atom. The third-order valence-corrected chi connectivity index (χ3v) is 3.30. The average molecular weight is 503 g/mol. The predicted octanol–water partition coefficient (Wildman–Crippen LogP) is 5.10. The fraction of sp³-hybridized carbons (Fsp3) is 0. The second-order valence-corrected chi connectivity index (χ2v) is 4.98. The van der Waals surface area contributed by atoms with Crippen LogP contribution >= 0.6 is 0 Å². The molecule has 3 heteroatoms. The van der Waals surface area contributed by atoms with Crippen molar-refractivity contribution in [1.82, 2.24) is 9.97 Å². The first kappa shape index (κ1) is 18.8. The van der Waals surface area contributed by atoms with Crippen LogP contribution in [0.2, 0.25) is 0 Å². The van der Waals surface area contributed by atoms with Crippen molar-refractivity contribution in [3.05, 3.63) is 109 Å². The second kappa shape index (κ2) is 10.3. The molecular weight excluding hydrogens is 487 g/mol. The topological polar surface area (TPSA) is 25.8 Å². The maximum absolute atomic E-state index is 4.22. The summed E-state index contributed by atoms with van der Waals surface area (Å²) >= 11 is 0. The molecule has 0 aliphatic heterocycles. The third kappa shape index (κ3) is 5.77. The molecule has 0 fully saturated rings. The molecule has 0 aliphatic rings. The van der Waals surface area contributed by atoms with Crippen molar-refractivity contribution >= 4 is 0 Å².